The Kier molecular flexibility index (Phi) is 5.31. The van der Waals surface area contributed by atoms with Gasteiger partial charge in [-0.2, -0.15) is 0 Å². The summed E-state index contributed by atoms with van der Waals surface area (Å²) in [6.45, 7) is 9.94. The van der Waals surface area contributed by atoms with Crippen molar-refractivity contribution in [3.63, 3.8) is 0 Å². The Morgan fingerprint density at radius 3 is 2.76 bits per heavy atom. The number of aryl methyl sites for hydroxylation is 1. The van der Waals surface area contributed by atoms with Gasteiger partial charge in [-0.25, -0.2) is 9.97 Å². The van der Waals surface area contributed by atoms with Crippen molar-refractivity contribution in [1.29, 1.82) is 0 Å². The number of thiazole rings is 1. The molecule has 2 heterocycles. The molecule has 0 spiro atoms. The quantitative estimate of drug-likeness (QED) is 0.889. The van der Waals surface area contributed by atoms with E-state index in [9.17, 15) is 0 Å². The van der Waals surface area contributed by atoms with Gasteiger partial charge >= 0.3 is 0 Å². The fraction of sp³-hybridized carbons (Fsp3) is 0.500. The summed E-state index contributed by atoms with van der Waals surface area (Å²) in [6.07, 6.45) is 2.68. The van der Waals surface area contributed by atoms with Crippen LogP contribution in [0.3, 0.4) is 0 Å². The van der Waals surface area contributed by atoms with Crippen molar-refractivity contribution in [1.82, 2.24) is 15.3 Å². The molecular weight excluding hydrogens is 282 g/mol. The third-order valence-electron chi connectivity index (χ3n) is 3.05. The summed E-state index contributed by atoms with van der Waals surface area (Å²) in [5, 5.41) is 3.46. The van der Waals surface area contributed by atoms with Gasteiger partial charge in [0.2, 0.25) is 5.88 Å². The Morgan fingerprint density at radius 2 is 2.10 bits per heavy atom. The zero-order valence-electron chi connectivity index (χ0n) is 13.1. The molecule has 0 aliphatic heterocycles. The average molecular weight is 305 g/mol. The number of aromatic nitrogens is 2. The molecule has 0 atom stereocenters. The summed E-state index contributed by atoms with van der Waals surface area (Å²) < 4.78 is 5.75. The van der Waals surface area contributed by atoms with E-state index in [0.29, 0.717) is 12.5 Å². The third-order valence-corrected chi connectivity index (χ3v) is 4.04. The Morgan fingerprint density at radius 1 is 1.29 bits per heavy atom. The van der Waals surface area contributed by atoms with Crippen LogP contribution >= 0.6 is 11.3 Å². The summed E-state index contributed by atoms with van der Waals surface area (Å²) in [5.41, 5.74) is 4.26. The van der Waals surface area contributed by atoms with Crippen molar-refractivity contribution < 1.29 is 4.74 Å². The Balaban J connectivity index is 1.85. The highest BCUT2D eigenvalue weighted by Gasteiger charge is 2.09. The van der Waals surface area contributed by atoms with Gasteiger partial charge in [0.1, 0.15) is 0 Å². The van der Waals surface area contributed by atoms with E-state index in [2.05, 4.69) is 36.1 Å². The van der Waals surface area contributed by atoms with Crippen LogP contribution in [-0.4, -0.2) is 22.1 Å². The van der Waals surface area contributed by atoms with Crippen molar-refractivity contribution in [2.75, 3.05) is 6.61 Å². The van der Waals surface area contributed by atoms with Crippen molar-refractivity contribution >= 4 is 11.3 Å². The molecule has 1 N–H and O–H groups in total. The molecule has 0 aromatic carbocycles. The molecule has 0 amide bonds. The minimum absolute atomic E-state index is 0.105. The second kappa shape index (κ2) is 7.00. The molecule has 0 saturated heterocycles. The van der Waals surface area contributed by atoms with Gasteiger partial charge in [0, 0.05) is 35.6 Å². The Labute approximate surface area is 130 Å². The Bertz CT molecular complexity index is 575. The normalized spacial score (nSPS) is 11.6. The van der Waals surface area contributed by atoms with Gasteiger partial charge in [-0.1, -0.05) is 0 Å². The lowest BCUT2D eigenvalue weighted by Crippen LogP contribution is -2.35. The summed E-state index contributed by atoms with van der Waals surface area (Å²) in [4.78, 5) is 9.78. The van der Waals surface area contributed by atoms with Crippen LogP contribution in [0.1, 0.15) is 36.9 Å². The van der Waals surface area contributed by atoms with E-state index in [1.54, 1.807) is 17.5 Å². The highest BCUT2D eigenvalue weighted by Crippen LogP contribution is 2.15. The number of pyridine rings is 1. The molecule has 0 saturated carbocycles. The van der Waals surface area contributed by atoms with Crippen LogP contribution in [0, 0.1) is 6.92 Å². The highest BCUT2D eigenvalue weighted by molar-refractivity contribution is 7.09. The van der Waals surface area contributed by atoms with Crippen LogP contribution in [0.5, 0.6) is 5.88 Å². The minimum Gasteiger partial charge on any atom is -0.477 e. The minimum atomic E-state index is 0.105. The molecule has 0 aliphatic carbocycles. The number of nitrogens with zero attached hydrogens (tertiary/aromatic N) is 2. The van der Waals surface area contributed by atoms with Gasteiger partial charge < -0.3 is 10.1 Å². The van der Waals surface area contributed by atoms with Crippen molar-refractivity contribution in [3.8, 4) is 5.88 Å². The van der Waals surface area contributed by atoms with Gasteiger partial charge in [0.05, 0.1) is 17.8 Å². The van der Waals surface area contributed by atoms with E-state index in [1.165, 1.54) is 10.4 Å². The average Bonchev–Trinajstić information content (AvgIpc) is 2.82. The second-order valence-corrected chi connectivity index (χ2v) is 7.00. The van der Waals surface area contributed by atoms with Crippen LogP contribution in [0.15, 0.2) is 23.8 Å². The number of ether oxygens (including phenoxy) is 1. The largest absolute Gasteiger partial charge is 0.477 e. The van der Waals surface area contributed by atoms with Gasteiger partial charge in [0.15, 0.2) is 0 Å². The van der Waals surface area contributed by atoms with Gasteiger partial charge in [-0.15, -0.1) is 11.3 Å². The van der Waals surface area contributed by atoms with E-state index in [4.69, 9.17) is 4.74 Å². The van der Waals surface area contributed by atoms with E-state index >= 15 is 0 Å². The maximum atomic E-state index is 5.75. The lowest BCUT2D eigenvalue weighted by atomic mass is 10.1. The lowest BCUT2D eigenvalue weighted by Gasteiger charge is -2.20. The molecule has 0 radical (unpaired) electrons. The summed E-state index contributed by atoms with van der Waals surface area (Å²) >= 11 is 1.68. The second-order valence-electron chi connectivity index (χ2n) is 6.07. The molecule has 2 aromatic heterocycles. The van der Waals surface area contributed by atoms with Crippen molar-refractivity contribution in [2.45, 2.75) is 46.2 Å². The van der Waals surface area contributed by atoms with Crippen LogP contribution in [-0.2, 0) is 13.0 Å². The first-order valence-electron chi connectivity index (χ1n) is 7.16. The van der Waals surface area contributed by atoms with Crippen LogP contribution in [0.25, 0.3) is 0 Å². The molecule has 0 aliphatic rings. The summed E-state index contributed by atoms with van der Waals surface area (Å²) in [7, 11) is 0. The molecule has 114 valence electrons. The molecule has 2 rings (SSSR count). The predicted octanol–water partition coefficient (Wildman–Crippen LogP) is 3.36. The van der Waals surface area contributed by atoms with E-state index in [-0.39, 0.29) is 5.54 Å². The smallest absolute Gasteiger partial charge is 0.213 e. The number of rotatable bonds is 6. The molecule has 5 heteroatoms. The van der Waals surface area contributed by atoms with Crippen LogP contribution in [0.2, 0.25) is 0 Å². The van der Waals surface area contributed by atoms with Crippen molar-refractivity contribution in [3.05, 3.63) is 40.0 Å². The first kappa shape index (κ1) is 15.9. The Hall–Kier alpha value is -1.46. The van der Waals surface area contributed by atoms with Gasteiger partial charge in [0.25, 0.3) is 0 Å². The molecular formula is C16H23N3OS. The van der Waals surface area contributed by atoms with Crippen LogP contribution < -0.4 is 10.1 Å². The topological polar surface area (TPSA) is 47.0 Å². The van der Waals surface area contributed by atoms with E-state index in [0.717, 1.165) is 18.7 Å². The van der Waals surface area contributed by atoms with Gasteiger partial charge in [-0.3, -0.25) is 0 Å². The fourth-order valence-electron chi connectivity index (χ4n) is 1.82. The lowest BCUT2D eigenvalue weighted by molar-refractivity contribution is 0.309. The first-order valence-corrected chi connectivity index (χ1v) is 8.04. The monoisotopic (exact) mass is 305 g/mol. The first-order chi connectivity index (χ1) is 9.94. The predicted molar refractivity (Wildman–Crippen MR) is 86.9 cm³/mol. The number of hydrogen-bond acceptors (Lipinski definition) is 5. The molecule has 0 fully saturated rings. The number of nitrogens with one attached hydrogen (secondary N) is 1. The van der Waals surface area contributed by atoms with Crippen LogP contribution in [0.4, 0.5) is 0 Å². The van der Waals surface area contributed by atoms with Crippen molar-refractivity contribution in [2.24, 2.45) is 0 Å². The molecule has 2 aromatic rings. The maximum Gasteiger partial charge on any atom is 0.213 e. The molecule has 21 heavy (non-hydrogen) atoms. The zero-order valence-corrected chi connectivity index (χ0v) is 14.0. The zero-order chi connectivity index (χ0) is 15.3. The third kappa shape index (κ3) is 5.44. The van der Waals surface area contributed by atoms with E-state index < -0.39 is 0 Å². The van der Waals surface area contributed by atoms with E-state index in [1.807, 2.05) is 24.6 Å². The summed E-state index contributed by atoms with van der Waals surface area (Å²) in [6, 6.07) is 4.01. The SMILES string of the molecule is Cc1ncsc1CCOc1cc(CNC(C)(C)C)ccn1. The fourth-order valence-corrected chi connectivity index (χ4v) is 2.58. The maximum absolute atomic E-state index is 5.75. The highest BCUT2D eigenvalue weighted by atomic mass is 32.1. The molecule has 0 bridgehead atoms. The molecule has 4 nitrogen and oxygen atoms in total. The standard InChI is InChI=1S/C16H23N3OS/c1-12-14(21-11-18-12)6-8-20-15-9-13(5-7-17-15)10-19-16(2,3)4/h5,7,9,11,19H,6,8,10H2,1-4H3. The molecule has 0 unspecified atom stereocenters. The summed E-state index contributed by atoms with van der Waals surface area (Å²) in [5.74, 6) is 0.686. The number of hydrogen-bond donors (Lipinski definition) is 1. The van der Waals surface area contributed by atoms with Gasteiger partial charge in [-0.05, 0) is 39.3 Å².